The van der Waals surface area contributed by atoms with Crippen LogP contribution in [-0.2, 0) is 4.74 Å². The summed E-state index contributed by atoms with van der Waals surface area (Å²) in [5.41, 5.74) is 5.91. The summed E-state index contributed by atoms with van der Waals surface area (Å²) in [6.07, 6.45) is 3.18. The number of aromatic nitrogens is 1. The third-order valence-electron chi connectivity index (χ3n) is 3.18. The molecule has 1 fully saturated rings. The Labute approximate surface area is 107 Å². The molecule has 0 aliphatic carbocycles. The molecule has 5 nitrogen and oxygen atoms in total. The number of amides is 1. The van der Waals surface area contributed by atoms with Gasteiger partial charge in [0.05, 0.1) is 0 Å². The van der Waals surface area contributed by atoms with E-state index in [1.54, 1.807) is 18.2 Å². The number of rotatable bonds is 4. The van der Waals surface area contributed by atoms with Crippen molar-refractivity contribution in [1.29, 1.82) is 0 Å². The monoisotopic (exact) mass is 249 g/mol. The van der Waals surface area contributed by atoms with Crippen LogP contribution in [0, 0.1) is 5.92 Å². The molecule has 0 spiro atoms. The summed E-state index contributed by atoms with van der Waals surface area (Å²) in [6, 6.07) is 5.06. The molecular formula is C13H19N3O2. The van der Waals surface area contributed by atoms with Crippen molar-refractivity contribution in [2.75, 3.05) is 25.5 Å². The van der Waals surface area contributed by atoms with Crippen LogP contribution in [0.2, 0.25) is 0 Å². The Bertz CT molecular complexity index is 403. The number of carbonyl (C=O) groups is 1. The number of anilines is 1. The van der Waals surface area contributed by atoms with Crippen molar-refractivity contribution in [2.45, 2.75) is 19.3 Å². The maximum absolute atomic E-state index is 11.8. The number of ether oxygens (including phenoxy) is 1. The Morgan fingerprint density at radius 2 is 2.22 bits per heavy atom. The molecule has 2 rings (SSSR count). The highest BCUT2D eigenvalue weighted by Crippen LogP contribution is 2.17. The zero-order valence-corrected chi connectivity index (χ0v) is 10.4. The largest absolute Gasteiger partial charge is 0.384 e. The lowest BCUT2D eigenvalue weighted by atomic mass is 9.97. The lowest BCUT2D eigenvalue weighted by Crippen LogP contribution is -2.28. The number of nitrogens with zero attached hydrogens (tertiary/aromatic N) is 1. The Morgan fingerprint density at radius 1 is 1.44 bits per heavy atom. The first-order chi connectivity index (χ1) is 8.75. The van der Waals surface area contributed by atoms with Crippen molar-refractivity contribution in [3.05, 3.63) is 23.9 Å². The molecule has 98 valence electrons. The number of hydrogen-bond acceptors (Lipinski definition) is 4. The van der Waals surface area contributed by atoms with Crippen LogP contribution in [0.4, 0.5) is 5.82 Å². The first-order valence-electron chi connectivity index (χ1n) is 6.34. The molecule has 0 atom stereocenters. The minimum atomic E-state index is -0.158. The quantitative estimate of drug-likeness (QED) is 0.840. The van der Waals surface area contributed by atoms with Crippen LogP contribution in [-0.4, -0.2) is 30.6 Å². The van der Waals surface area contributed by atoms with Gasteiger partial charge in [-0.05, 0) is 37.3 Å². The Balaban J connectivity index is 1.74. The van der Waals surface area contributed by atoms with Gasteiger partial charge >= 0.3 is 0 Å². The molecule has 3 N–H and O–H groups in total. The van der Waals surface area contributed by atoms with E-state index in [1.807, 2.05) is 0 Å². The predicted molar refractivity (Wildman–Crippen MR) is 69.1 cm³/mol. The van der Waals surface area contributed by atoms with Gasteiger partial charge in [-0.2, -0.15) is 0 Å². The van der Waals surface area contributed by atoms with E-state index in [0.717, 1.165) is 32.5 Å². The van der Waals surface area contributed by atoms with Gasteiger partial charge < -0.3 is 15.8 Å². The predicted octanol–water partition coefficient (Wildman–Crippen LogP) is 1.21. The van der Waals surface area contributed by atoms with E-state index in [-0.39, 0.29) is 5.91 Å². The number of nitrogens with one attached hydrogen (secondary N) is 1. The smallest absolute Gasteiger partial charge is 0.269 e. The fourth-order valence-electron chi connectivity index (χ4n) is 2.09. The molecule has 0 unspecified atom stereocenters. The van der Waals surface area contributed by atoms with Crippen molar-refractivity contribution in [1.82, 2.24) is 10.3 Å². The minimum absolute atomic E-state index is 0.158. The van der Waals surface area contributed by atoms with E-state index in [1.165, 1.54) is 0 Å². The maximum Gasteiger partial charge on any atom is 0.269 e. The maximum atomic E-state index is 11.8. The van der Waals surface area contributed by atoms with E-state index in [9.17, 15) is 4.79 Å². The summed E-state index contributed by atoms with van der Waals surface area (Å²) < 4.78 is 5.30. The highest BCUT2D eigenvalue weighted by molar-refractivity contribution is 5.92. The average molecular weight is 249 g/mol. The van der Waals surface area contributed by atoms with E-state index in [4.69, 9.17) is 10.5 Å². The molecule has 1 aliphatic rings. The molecule has 1 aromatic heterocycles. The van der Waals surface area contributed by atoms with Crippen LogP contribution in [0.1, 0.15) is 29.8 Å². The van der Waals surface area contributed by atoms with Gasteiger partial charge in [0.1, 0.15) is 11.5 Å². The van der Waals surface area contributed by atoms with Crippen LogP contribution < -0.4 is 11.1 Å². The van der Waals surface area contributed by atoms with Gasteiger partial charge in [-0.25, -0.2) is 4.98 Å². The SMILES string of the molecule is Nc1cccc(C(=O)NCCC2CCOCC2)n1. The van der Waals surface area contributed by atoms with Crippen LogP contribution in [0.3, 0.4) is 0 Å². The van der Waals surface area contributed by atoms with Gasteiger partial charge in [-0.3, -0.25) is 4.79 Å². The molecule has 0 bridgehead atoms. The lowest BCUT2D eigenvalue weighted by Gasteiger charge is -2.21. The third-order valence-corrected chi connectivity index (χ3v) is 3.18. The van der Waals surface area contributed by atoms with Crippen LogP contribution >= 0.6 is 0 Å². The molecule has 1 saturated heterocycles. The van der Waals surface area contributed by atoms with Crippen molar-refractivity contribution in [3.63, 3.8) is 0 Å². The highest BCUT2D eigenvalue weighted by Gasteiger charge is 2.14. The number of carbonyl (C=O) groups excluding carboxylic acids is 1. The summed E-state index contributed by atoms with van der Waals surface area (Å²) in [5.74, 6) is 0.870. The number of nitrogen functional groups attached to an aromatic ring is 1. The minimum Gasteiger partial charge on any atom is -0.384 e. The summed E-state index contributed by atoms with van der Waals surface area (Å²) in [5, 5.41) is 2.88. The van der Waals surface area contributed by atoms with E-state index in [0.29, 0.717) is 24.0 Å². The summed E-state index contributed by atoms with van der Waals surface area (Å²) >= 11 is 0. The van der Waals surface area contributed by atoms with Crippen LogP contribution in [0.15, 0.2) is 18.2 Å². The molecule has 1 aromatic rings. The Kier molecular flexibility index (Phi) is 4.52. The average Bonchev–Trinajstić information content (AvgIpc) is 2.40. The number of hydrogen-bond donors (Lipinski definition) is 2. The Morgan fingerprint density at radius 3 is 2.94 bits per heavy atom. The van der Waals surface area contributed by atoms with Gasteiger partial charge in [-0.15, -0.1) is 0 Å². The molecule has 5 heteroatoms. The summed E-state index contributed by atoms with van der Waals surface area (Å²) in [4.78, 5) is 15.8. The van der Waals surface area contributed by atoms with Gasteiger partial charge in [-0.1, -0.05) is 6.07 Å². The second-order valence-corrected chi connectivity index (χ2v) is 4.55. The van der Waals surface area contributed by atoms with Crippen LogP contribution in [0.5, 0.6) is 0 Å². The Hall–Kier alpha value is -1.62. The molecule has 0 radical (unpaired) electrons. The van der Waals surface area contributed by atoms with E-state index in [2.05, 4.69) is 10.3 Å². The fraction of sp³-hybridized carbons (Fsp3) is 0.538. The van der Waals surface area contributed by atoms with Crippen LogP contribution in [0.25, 0.3) is 0 Å². The third kappa shape index (κ3) is 3.70. The first-order valence-corrected chi connectivity index (χ1v) is 6.34. The fourth-order valence-corrected chi connectivity index (χ4v) is 2.09. The first kappa shape index (κ1) is 12.8. The molecule has 1 aliphatic heterocycles. The summed E-state index contributed by atoms with van der Waals surface area (Å²) in [6.45, 7) is 2.37. The number of nitrogens with two attached hydrogens (primary N) is 1. The second kappa shape index (κ2) is 6.35. The molecular weight excluding hydrogens is 230 g/mol. The highest BCUT2D eigenvalue weighted by atomic mass is 16.5. The van der Waals surface area contributed by atoms with Gasteiger partial charge in [0, 0.05) is 19.8 Å². The zero-order valence-electron chi connectivity index (χ0n) is 10.4. The normalized spacial score (nSPS) is 16.4. The van der Waals surface area contributed by atoms with Crippen molar-refractivity contribution >= 4 is 11.7 Å². The van der Waals surface area contributed by atoms with Gasteiger partial charge in [0.15, 0.2) is 0 Å². The molecule has 0 aromatic carbocycles. The zero-order chi connectivity index (χ0) is 12.8. The topological polar surface area (TPSA) is 77.2 Å². The van der Waals surface area contributed by atoms with E-state index < -0.39 is 0 Å². The summed E-state index contributed by atoms with van der Waals surface area (Å²) in [7, 11) is 0. The van der Waals surface area contributed by atoms with Crippen molar-refractivity contribution < 1.29 is 9.53 Å². The van der Waals surface area contributed by atoms with Gasteiger partial charge in [0.25, 0.3) is 5.91 Å². The van der Waals surface area contributed by atoms with Crippen molar-refractivity contribution in [3.8, 4) is 0 Å². The molecule has 1 amide bonds. The standard InChI is InChI=1S/C13H19N3O2/c14-12-3-1-2-11(16-12)13(17)15-7-4-10-5-8-18-9-6-10/h1-3,10H,4-9H2,(H2,14,16)(H,15,17). The van der Waals surface area contributed by atoms with E-state index >= 15 is 0 Å². The van der Waals surface area contributed by atoms with Gasteiger partial charge in [0.2, 0.25) is 0 Å². The molecule has 18 heavy (non-hydrogen) atoms. The molecule has 0 saturated carbocycles. The van der Waals surface area contributed by atoms with Crippen molar-refractivity contribution in [2.24, 2.45) is 5.92 Å². The second-order valence-electron chi connectivity index (χ2n) is 4.55. The molecule has 2 heterocycles. The lowest BCUT2D eigenvalue weighted by molar-refractivity contribution is 0.0636. The number of pyridine rings is 1.